The second kappa shape index (κ2) is 4.18. The Morgan fingerprint density at radius 1 is 1.31 bits per heavy atom. The highest BCUT2D eigenvalue weighted by molar-refractivity contribution is 14.1. The highest BCUT2D eigenvalue weighted by atomic mass is 127. The number of aromatic amines is 1. The largest absolute Gasteiger partial charge is 0.376 e. The molecule has 16 heavy (non-hydrogen) atoms. The molecule has 82 valence electrons. The number of ether oxygens (including phenoxy) is 1. The Labute approximate surface area is 107 Å². The molecule has 2 heterocycles. The second-order valence-corrected chi connectivity index (χ2v) is 4.97. The first kappa shape index (κ1) is 10.3. The number of fused-ring (bicyclic) bond motifs is 1. The lowest BCUT2D eigenvalue weighted by Gasteiger charge is -2.12. The molecule has 1 N–H and O–H groups in total. The van der Waals surface area contributed by atoms with Crippen molar-refractivity contribution in [3.05, 3.63) is 39.1 Å². The summed E-state index contributed by atoms with van der Waals surface area (Å²) in [7, 11) is 0. The number of hydrogen-bond donors (Lipinski definition) is 1. The van der Waals surface area contributed by atoms with Gasteiger partial charge >= 0.3 is 0 Å². The van der Waals surface area contributed by atoms with Crippen molar-refractivity contribution in [2.45, 2.75) is 13.0 Å². The van der Waals surface area contributed by atoms with E-state index in [1.807, 2.05) is 12.1 Å². The van der Waals surface area contributed by atoms with Crippen molar-refractivity contribution >= 4 is 22.6 Å². The van der Waals surface area contributed by atoms with Crippen molar-refractivity contribution in [3.63, 3.8) is 0 Å². The molecule has 3 rings (SSSR count). The van der Waals surface area contributed by atoms with E-state index in [2.05, 4.69) is 44.9 Å². The van der Waals surface area contributed by atoms with Crippen LogP contribution in [0.25, 0.3) is 11.3 Å². The quantitative estimate of drug-likeness (QED) is 0.819. The van der Waals surface area contributed by atoms with Crippen LogP contribution in [0.2, 0.25) is 0 Å². The van der Waals surface area contributed by atoms with Crippen LogP contribution in [-0.4, -0.2) is 16.8 Å². The summed E-state index contributed by atoms with van der Waals surface area (Å²) in [5.41, 5.74) is 4.67. The third kappa shape index (κ3) is 1.66. The molecule has 0 amide bonds. The monoisotopic (exact) mass is 326 g/mol. The minimum Gasteiger partial charge on any atom is -0.376 e. The minimum atomic E-state index is 0.673. The first-order chi connectivity index (χ1) is 7.86. The summed E-state index contributed by atoms with van der Waals surface area (Å²) in [4.78, 5) is 0. The zero-order chi connectivity index (χ0) is 11.0. The molecule has 1 aromatic heterocycles. The van der Waals surface area contributed by atoms with Crippen molar-refractivity contribution in [3.8, 4) is 11.3 Å². The lowest BCUT2D eigenvalue weighted by atomic mass is 10.0. The van der Waals surface area contributed by atoms with E-state index in [4.69, 9.17) is 4.74 Å². The third-order valence-corrected chi connectivity index (χ3v) is 3.77. The van der Waals surface area contributed by atoms with Gasteiger partial charge in [-0.1, -0.05) is 18.2 Å². The molecule has 0 fully saturated rings. The smallest absolute Gasteiger partial charge is 0.0989 e. The van der Waals surface area contributed by atoms with Gasteiger partial charge in [0, 0.05) is 26.8 Å². The average Bonchev–Trinajstić information content (AvgIpc) is 2.74. The van der Waals surface area contributed by atoms with Crippen LogP contribution in [0.3, 0.4) is 0 Å². The van der Waals surface area contributed by atoms with Gasteiger partial charge in [-0.2, -0.15) is 5.10 Å². The van der Waals surface area contributed by atoms with E-state index in [9.17, 15) is 0 Å². The average molecular weight is 326 g/mol. The Bertz CT molecular complexity index is 521. The summed E-state index contributed by atoms with van der Waals surface area (Å²) in [5.74, 6) is 0. The van der Waals surface area contributed by atoms with E-state index in [1.165, 1.54) is 20.4 Å². The van der Waals surface area contributed by atoms with Gasteiger partial charge in [0.05, 0.1) is 18.9 Å². The number of benzene rings is 1. The number of H-pyrrole nitrogens is 1. The highest BCUT2D eigenvalue weighted by Gasteiger charge is 2.19. The number of halogens is 1. The SMILES string of the molecule is Ic1ccccc1-c1n[nH]c2c1COCC2. The maximum absolute atomic E-state index is 5.49. The van der Waals surface area contributed by atoms with Crippen LogP contribution in [0.15, 0.2) is 24.3 Å². The predicted molar refractivity (Wildman–Crippen MR) is 70.1 cm³/mol. The molecular formula is C12H11IN2O. The van der Waals surface area contributed by atoms with E-state index in [0.29, 0.717) is 6.61 Å². The van der Waals surface area contributed by atoms with Crippen LogP contribution in [0.4, 0.5) is 0 Å². The maximum Gasteiger partial charge on any atom is 0.0989 e. The van der Waals surface area contributed by atoms with Gasteiger partial charge in [0.2, 0.25) is 0 Å². The number of hydrogen-bond acceptors (Lipinski definition) is 2. The Balaban J connectivity index is 2.13. The normalized spacial score (nSPS) is 14.8. The molecule has 0 saturated carbocycles. The maximum atomic E-state index is 5.49. The van der Waals surface area contributed by atoms with E-state index in [-0.39, 0.29) is 0 Å². The fourth-order valence-electron chi connectivity index (χ4n) is 1.99. The van der Waals surface area contributed by atoms with Crippen molar-refractivity contribution < 1.29 is 4.74 Å². The molecule has 0 spiro atoms. The van der Waals surface area contributed by atoms with Crippen LogP contribution >= 0.6 is 22.6 Å². The Morgan fingerprint density at radius 2 is 2.19 bits per heavy atom. The summed E-state index contributed by atoms with van der Waals surface area (Å²) in [5, 5.41) is 7.54. The molecule has 0 saturated heterocycles. The summed E-state index contributed by atoms with van der Waals surface area (Å²) in [6.07, 6.45) is 0.936. The van der Waals surface area contributed by atoms with E-state index in [0.717, 1.165) is 18.7 Å². The summed E-state index contributed by atoms with van der Waals surface area (Å²) >= 11 is 2.34. The van der Waals surface area contributed by atoms with Crippen molar-refractivity contribution in [1.29, 1.82) is 0 Å². The number of nitrogens with one attached hydrogen (secondary N) is 1. The van der Waals surface area contributed by atoms with Crippen molar-refractivity contribution in [2.75, 3.05) is 6.61 Å². The lowest BCUT2D eigenvalue weighted by molar-refractivity contribution is 0.110. The van der Waals surface area contributed by atoms with Gasteiger partial charge in [0.1, 0.15) is 0 Å². The Morgan fingerprint density at radius 3 is 3.06 bits per heavy atom. The molecular weight excluding hydrogens is 315 g/mol. The molecule has 0 atom stereocenters. The summed E-state index contributed by atoms with van der Waals surface area (Å²) in [6, 6.07) is 8.29. The summed E-state index contributed by atoms with van der Waals surface area (Å²) < 4.78 is 6.72. The first-order valence-electron chi connectivity index (χ1n) is 5.25. The van der Waals surface area contributed by atoms with Gasteiger partial charge in [-0.15, -0.1) is 0 Å². The van der Waals surface area contributed by atoms with E-state index >= 15 is 0 Å². The van der Waals surface area contributed by atoms with Crippen LogP contribution in [-0.2, 0) is 17.8 Å². The number of rotatable bonds is 1. The van der Waals surface area contributed by atoms with E-state index < -0.39 is 0 Å². The Kier molecular flexibility index (Phi) is 2.69. The lowest BCUT2D eigenvalue weighted by Crippen LogP contribution is -2.09. The zero-order valence-corrected chi connectivity index (χ0v) is 10.8. The summed E-state index contributed by atoms with van der Waals surface area (Å²) in [6.45, 7) is 1.46. The predicted octanol–water partition coefficient (Wildman–Crippen LogP) is 2.75. The molecule has 1 aliphatic rings. The molecule has 2 aromatic rings. The van der Waals surface area contributed by atoms with Crippen LogP contribution in [0.1, 0.15) is 11.3 Å². The minimum absolute atomic E-state index is 0.673. The van der Waals surface area contributed by atoms with Gasteiger partial charge < -0.3 is 4.74 Å². The molecule has 4 heteroatoms. The zero-order valence-electron chi connectivity index (χ0n) is 8.66. The van der Waals surface area contributed by atoms with Crippen molar-refractivity contribution in [1.82, 2.24) is 10.2 Å². The fourth-order valence-corrected chi connectivity index (χ4v) is 2.63. The topological polar surface area (TPSA) is 37.9 Å². The molecule has 0 aliphatic carbocycles. The standard InChI is InChI=1S/C12H11IN2O/c13-10-4-2-1-3-8(10)12-9-7-16-6-5-11(9)14-15-12/h1-4H,5-7H2,(H,14,15). The molecule has 0 radical (unpaired) electrons. The highest BCUT2D eigenvalue weighted by Crippen LogP contribution is 2.30. The molecule has 1 aliphatic heterocycles. The van der Waals surface area contributed by atoms with Crippen LogP contribution in [0, 0.1) is 3.57 Å². The Hall–Kier alpha value is -0.880. The molecule has 0 unspecified atom stereocenters. The van der Waals surface area contributed by atoms with Gasteiger partial charge in [-0.05, 0) is 28.7 Å². The molecule has 0 bridgehead atoms. The number of nitrogens with zero attached hydrogens (tertiary/aromatic N) is 1. The van der Waals surface area contributed by atoms with Crippen LogP contribution < -0.4 is 0 Å². The third-order valence-electron chi connectivity index (χ3n) is 2.82. The number of aromatic nitrogens is 2. The van der Waals surface area contributed by atoms with Gasteiger partial charge in [0.15, 0.2) is 0 Å². The molecule has 1 aromatic carbocycles. The van der Waals surface area contributed by atoms with Gasteiger partial charge in [-0.3, -0.25) is 5.10 Å². The molecule has 3 nitrogen and oxygen atoms in total. The van der Waals surface area contributed by atoms with Crippen molar-refractivity contribution in [2.24, 2.45) is 0 Å². The second-order valence-electron chi connectivity index (χ2n) is 3.81. The fraction of sp³-hybridized carbons (Fsp3) is 0.250. The van der Waals surface area contributed by atoms with Gasteiger partial charge in [0.25, 0.3) is 0 Å². The van der Waals surface area contributed by atoms with Crippen LogP contribution in [0.5, 0.6) is 0 Å². The van der Waals surface area contributed by atoms with E-state index in [1.54, 1.807) is 0 Å². The first-order valence-corrected chi connectivity index (χ1v) is 6.33. The van der Waals surface area contributed by atoms with Gasteiger partial charge in [-0.25, -0.2) is 0 Å².